The van der Waals surface area contributed by atoms with E-state index in [1.54, 1.807) is 6.92 Å². The molecule has 4 aliphatic heterocycles. The smallest absolute Gasteiger partial charge is 0.158 e. The zero-order chi connectivity index (χ0) is 24.1. The van der Waals surface area contributed by atoms with Crippen LogP contribution < -0.4 is 0 Å². The fourth-order valence-electron chi connectivity index (χ4n) is 5.58. The largest absolute Gasteiger partial charge is 0.391 e. The molecule has 8 nitrogen and oxygen atoms in total. The monoisotopic (exact) mass is 482 g/mol. The SMILES string of the molecule is C=C1CO[C@@H](CC[C@@H]2CC[C@@H](O[C@H]3CC[C@H](CC(=O)C[C@@H]4CCOC4)OC3[C@H](O)[C@@H](C)O)O2)C1. The molecule has 8 heteroatoms. The van der Waals surface area contributed by atoms with E-state index < -0.39 is 18.3 Å². The molecular formula is C26H42O8. The van der Waals surface area contributed by atoms with Crippen molar-refractivity contribution < 1.29 is 38.7 Å². The molecular weight excluding hydrogens is 440 g/mol. The van der Waals surface area contributed by atoms with Crippen LogP contribution in [0.1, 0.15) is 71.1 Å². The van der Waals surface area contributed by atoms with Crippen LogP contribution in [0.3, 0.4) is 0 Å². The number of carbonyl (C=O) groups is 1. The molecule has 1 unspecified atom stereocenters. The average molecular weight is 483 g/mol. The summed E-state index contributed by atoms with van der Waals surface area (Å²) in [4.78, 5) is 12.5. The first-order valence-corrected chi connectivity index (χ1v) is 13.1. The second-order valence-corrected chi connectivity index (χ2v) is 10.6. The molecule has 194 valence electrons. The number of Topliss-reactive ketones (excluding diaryl/α,β-unsaturated/α-hetero) is 1. The maximum absolute atomic E-state index is 12.5. The number of rotatable bonds is 11. The predicted octanol–water partition coefficient (Wildman–Crippen LogP) is 2.68. The zero-order valence-electron chi connectivity index (χ0n) is 20.4. The van der Waals surface area contributed by atoms with Gasteiger partial charge in [0.25, 0.3) is 0 Å². The highest BCUT2D eigenvalue weighted by Crippen LogP contribution is 2.33. The lowest BCUT2D eigenvalue weighted by Crippen LogP contribution is -2.52. The van der Waals surface area contributed by atoms with E-state index in [0.29, 0.717) is 44.8 Å². The molecule has 4 heterocycles. The van der Waals surface area contributed by atoms with Gasteiger partial charge in [0, 0.05) is 32.5 Å². The van der Waals surface area contributed by atoms with Crippen LogP contribution in [0, 0.1) is 5.92 Å². The molecule has 4 rings (SSSR count). The van der Waals surface area contributed by atoms with Crippen LogP contribution in [0.2, 0.25) is 0 Å². The molecule has 9 atom stereocenters. The molecule has 0 aromatic heterocycles. The Morgan fingerprint density at radius 1 is 1.06 bits per heavy atom. The van der Waals surface area contributed by atoms with E-state index in [4.69, 9.17) is 23.7 Å². The number of ketones is 1. The van der Waals surface area contributed by atoms with Crippen LogP contribution in [0.5, 0.6) is 0 Å². The van der Waals surface area contributed by atoms with Crippen molar-refractivity contribution in [2.24, 2.45) is 5.92 Å². The van der Waals surface area contributed by atoms with Gasteiger partial charge in [-0.3, -0.25) is 4.79 Å². The summed E-state index contributed by atoms with van der Waals surface area (Å²) in [5.74, 6) is 0.472. The minimum absolute atomic E-state index is 0.136. The first kappa shape index (κ1) is 26.2. The Kier molecular flexibility index (Phi) is 9.55. The van der Waals surface area contributed by atoms with Gasteiger partial charge in [-0.1, -0.05) is 6.58 Å². The summed E-state index contributed by atoms with van der Waals surface area (Å²) >= 11 is 0. The van der Waals surface area contributed by atoms with Crippen molar-refractivity contribution >= 4 is 5.78 Å². The highest BCUT2D eigenvalue weighted by Gasteiger charge is 2.41. The van der Waals surface area contributed by atoms with Gasteiger partial charge in [0.1, 0.15) is 18.0 Å². The van der Waals surface area contributed by atoms with Gasteiger partial charge >= 0.3 is 0 Å². The van der Waals surface area contributed by atoms with Crippen molar-refractivity contribution in [2.45, 2.75) is 120 Å². The topological polar surface area (TPSA) is 104 Å². The standard InChI is InChI=1S/C26H42O8/c1-16-11-21(31-14-16)4-3-20-6-8-24(32-20)34-23-7-5-22(33-26(23)25(29)17(2)27)13-19(28)12-18-9-10-30-15-18/h17-18,20-27,29H,1,3-15H2,2H3/t17-,18+,20-,21+,22-,23+,24-,25-,26?/m1/s1. The Morgan fingerprint density at radius 2 is 1.85 bits per heavy atom. The highest BCUT2D eigenvalue weighted by molar-refractivity contribution is 5.79. The van der Waals surface area contributed by atoms with Crippen LogP contribution in [0.15, 0.2) is 12.2 Å². The molecule has 0 bridgehead atoms. The number of carbonyl (C=O) groups excluding carboxylic acids is 1. The summed E-state index contributed by atoms with van der Waals surface area (Å²) in [6, 6.07) is 0. The van der Waals surface area contributed by atoms with Crippen LogP contribution in [0.4, 0.5) is 0 Å². The normalized spacial score (nSPS) is 38.3. The average Bonchev–Trinajstić information content (AvgIpc) is 3.56. The maximum atomic E-state index is 12.5. The van der Waals surface area contributed by atoms with Crippen LogP contribution in [0.25, 0.3) is 0 Å². The number of hydrogen-bond donors (Lipinski definition) is 2. The first-order valence-electron chi connectivity index (χ1n) is 13.1. The molecule has 4 fully saturated rings. The molecule has 0 spiro atoms. The number of hydrogen-bond acceptors (Lipinski definition) is 8. The van der Waals surface area contributed by atoms with Gasteiger partial charge in [-0.15, -0.1) is 0 Å². The van der Waals surface area contributed by atoms with Gasteiger partial charge in [-0.05, 0) is 63.4 Å². The van der Waals surface area contributed by atoms with Gasteiger partial charge < -0.3 is 33.9 Å². The first-order chi connectivity index (χ1) is 16.4. The summed E-state index contributed by atoms with van der Waals surface area (Å²) in [5, 5.41) is 20.7. The fourth-order valence-corrected chi connectivity index (χ4v) is 5.58. The van der Waals surface area contributed by atoms with Crippen molar-refractivity contribution in [3.8, 4) is 0 Å². The van der Waals surface area contributed by atoms with E-state index in [9.17, 15) is 15.0 Å². The Hall–Kier alpha value is -0.870. The van der Waals surface area contributed by atoms with Crippen molar-refractivity contribution in [2.75, 3.05) is 19.8 Å². The minimum Gasteiger partial charge on any atom is -0.391 e. The lowest BCUT2D eigenvalue weighted by atomic mass is 9.91. The molecule has 4 aliphatic rings. The molecule has 34 heavy (non-hydrogen) atoms. The van der Waals surface area contributed by atoms with Crippen LogP contribution in [-0.2, 0) is 28.5 Å². The van der Waals surface area contributed by atoms with Crippen molar-refractivity contribution in [1.29, 1.82) is 0 Å². The minimum atomic E-state index is -1.09. The van der Waals surface area contributed by atoms with Crippen LogP contribution >= 0.6 is 0 Å². The van der Waals surface area contributed by atoms with E-state index in [1.165, 1.54) is 0 Å². The Bertz CT molecular complexity index is 676. The molecule has 0 saturated carbocycles. The fraction of sp³-hybridized carbons (Fsp3) is 0.885. The summed E-state index contributed by atoms with van der Waals surface area (Å²) in [7, 11) is 0. The number of aliphatic hydroxyl groups is 2. The van der Waals surface area contributed by atoms with Crippen molar-refractivity contribution in [3.63, 3.8) is 0 Å². The van der Waals surface area contributed by atoms with Gasteiger partial charge in [0.15, 0.2) is 6.29 Å². The van der Waals surface area contributed by atoms with Gasteiger partial charge in [-0.2, -0.15) is 0 Å². The van der Waals surface area contributed by atoms with Crippen molar-refractivity contribution in [3.05, 3.63) is 12.2 Å². The Labute approximate surface area is 202 Å². The van der Waals surface area contributed by atoms with Gasteiger partial charge in [0.05, 0.1) is 37.1 Å². The van der Waals surface area contributed by atoms with Gasteiger partial charge in [0.2, 0.25) is 0 Å². The summed E-state index contributed by atoms with van der Waals surface area (Å²) in [6.07, 6.45) is 4.28. The Morgan fingerprint density at radius 3 is 2.56 bits per heavy atom. The molecule has 2 N–H and O–H groups in total. The zero-order valence-corrected chi connectivity index (χ0v) is 20.4. The molecule has 0 aromatic carbocycles. The third-order valence-corrected chi connectivity index (χ3v) is 7.56. The lowest BCUT2D eigenvalue weighted by molar-refractivity contribution is -0.241. The second kappa shape index (κ2) is 12.4. The molecule has 0 aromatic rings. The van der Waals surface area contributed by atoms with E-state index in [1.807, 2.05) is 0 Å². The summed E-state index contributed by atoms with van der Waals surface area (Å²) in [5.41, 5.74) is 1.16. The summed E-state index contributed by atoms with van der Waals surface area (Å²) in [6.45, 7) is 7.58. The Balaban J connectivity index is 1.24. The van der Waals surface area contributed by atoms with Crippen molar-refractivity contribution in [1.82, 2.24) is 0 Å². The quantitative estimate of drug-likeness (QED) is 0.433. The third-order valence-electron chi connectivity index (χ3n) is 7.56. The second-order valence-electron chi connectivity index (χ2n) is 10.6. The molecule has 4 saturated heterocycles. The van der Waals surface area contributed by atoms with E-state index in [0.717, 1.165) is 50.7 Å². The highest BCUT2D eigenvalue weighted by atomic mass is 16.7. The number of aliphatic hydroxyl groups excluding tert-OH is 2. The summed E-state index contributed by atoms with van der Waals surface area (Å²) < 4.78 is 29.6. The van der Waals surface area contributed by atoms with Crippen LogP contribution in [-0.4, -0.2) is 84.8 Å². The molecule has 0 amide bonds. The van der Waals surface area contributed by atoms with Gasteiger partial charge in [-0.25, -0.2) is 0 Å². The lowest BCUT2D eigenvalue weighted by Gasteiger charge is -2.40. The van der Waals surface area contributed by atoms with E-state index in [-0.39, 0.29) is 36.5 Å². The molecule has 0 aliphatic carbocycles. The third kappa shape index (κ3) is 7.32. The van der Waals surface area contributed by atoms with E-state index in [2.05, 4.69) is 6.58 Å². The predicted molar refractivity (Wildman–Crippen MR) is 124 cm³/mol. The van der Waals surface area contributed by atoms with E-state index >= 15 is 0 Å². The number of ether oxygens (including phenoxy) is 5. The maximum Gasteiger partial charge on any atom is 0.158 e. The molecule has 0 radical (unpaired) electrons.